The Balaban J connectivity index is 0.000000220. The van der Waals surface area contributed by atoms with Crippen molar-refractivity contribution < 1.29 is 28.7 Å². The van der Waals surface area contributed by atoms with E-state index in [2.05, 4.69) is 0 Å². The Morgan fingerprint density at radius 1 is 0.591 bits per heavy atom. The van der Waals surface area contributed by atoms with Gasteiger partial charge in [-0.05, 0) is 11.1 Å². The molecule has 0 aliphatic rings. The molecule has 4 N–H and O–H groups in total. The van der Waals surface area contributed by atoms with E-state index < -0.39 is 15.2 Å². The molecule has 8 heteroatoms. The van der Waals surface area contributed by atoms with Crippen LogP contribution in [0.2, 0.25) is 0 Å². The lowest BCUT2D eigenvalue weighted by molar-refractivity contribution is 0.369. The first kappa shape index (κ1) is 18.8. The largest absolute Gasteiger partial charge is 0.329 e. The van der Waals surface area contributed by atoms with Gasteiger partial charge >= 0.3 is 15.2 Å². The summed E-state index contributed by atoms with van der Waals surface area (Å²) in [4.78, 5) is 34.3. The lowest BCUT2D eigenvalue weighted by Gasteiger charge is -2.01. The monoisotopic (exact) mass is 344 g/mol. The molecule has 6 nitrogen and oxygen atoms in total. The molecule has 0 saturated carbocycles. The fraction of sp³-hybridized carbons (Fsp3) is 0.143. The Morgan fingerprint density at radius 3 is 1.09 bits per heavy atom. The van der Waals surface area contributed by atoms with Crippen molar-refractivity contribution in [3.05, 3.63) is 71.8 Å². The standard InChI is InChI=1S/2C7H9O3P/c2*8-11(9,10)6-7-4-2-1-3-5-7/h2*1-5H,6H2,(H2,8,9,10). The molecule has 0 bridgehead atoms. The third-order valence-electron chi connectivity index (χ3n) is 2.46. The molecule has 2 rings (SSSR count). The van der Waals surface area contributed by atoms with Crippen molar-refractivity contribution >= 4 is 15.2 Å². The first-order chi connectivity index (χ1) is 10.2. The van der Waals surface area contributed by atoms with Crippen LogP contribution >= 0.6 is 15.2 Å². The number of hydrogen-bond donors (Lipinski definition) is 4. The fourth-order valence-electron chi connectivity index (χ4n) is 1.64. The number of rotatable bonds is 4. The van der Waals surface area contributed by atoms with Crippen LogP contribution in [0.3, 0.4) is 0 Å². The van der Waals surface area contributed by atoms with Gasteiger partial charge in [0.25, 0.3) is 0 Å². The predicted octanol–water partition coefficient (Wildman–Crippen LogP) is 2.73. The number of hydrogen-bond acceptors (Lipinski definition) is 2. The highest BCUT2D eigenvalue weighted by Crippen LogP contribution is 2.39. The lowest BCUT2D eigenvalue weighted by atomic mass is 10.2. The van der Waals surface area contributed by atoms with E-state index >= 15 is 0 Å². The second-order valence-corrected chi connectivity index (χ2v) is 7.91. The molecule has 0 fully saturated rings. The van der Waals surface area contributed by atoms with Gasteiger partial charge in [-0.1, -0.05) is 60.7 Å². The van der Waals surface area contributed by atoms with Gasteiger partial charge in [0.1, 0.15) is 0 Å². The maximum absolute atomic E-state index is 10.5. The van der Waals surface area contributed by atoms with E-state index in [1.165, 1.54) is 0 Å². The first-order valence-electron chi connectivity index (χ1n) is 6.33. The minimum atomic E-state index is -3.89. The summed E-state index contributed by atoms with van der Waals surface area (Å²) >= 11 is 0. The van der Waals surface area contributed by atoms with Crippen LogP contribution in [-0.4, -0.2) is 19.6 Å². The maximum atomic E-state index is 10.5. The summed E-state index contributed by atoms with van der Waals surface area (Å²) in [6.45, 7) is 0. The summed E-state index contributed by atoms with van der Waals surface area (Å²) in [6.07, 6.45) is -0.346. The van der Waals surface area contributed by atoms with Gasteiger partial charge in [-0.3, -0.25) is 9.13 Å². The van der Waals surface area contributed by atoms with E-state index in [4.69, 9.17) is 19.6 Å². The van der Waals surface area contributed by atoms with Gasteiger partial charge in [-0.25, -0.2) is 0 Å². The lowest BCUT2D eigenvalue weighted by Crippen LogP contribution is -1.84. The van der Waals surface area contributed by atoms with Gasteiger partial charge in [-0.2, -0.15) is 0 Å². The third kappa shape index (κ3) is 9.64. The molecule has 0 aliphatic carbocycles. The van der Waals surface area contributed by atoms with Crippen LogP contribution < -0.4 is 0 Å². The van der Waals surface area contributed by atoms with E-state index in [1.807, 2.05) is 12.1 Å². The molecule has 0 atom stereocenters. The zero-order chi connectivity index (χ0) is 16.6. The summed E-state index contributed by atoms with van der Waals surface area (Å²) in [5, 5.41) is 0. The summed E-state index contributed by atoms with van der Waals surface area (Å²) in [5.41, 5.74) is 1.33. The van der Waals surface area contributed by atoms with Gasteiger partial charge in [0, 0.05) is 0 Å². The van der Waals surface area contributed by atoms with E-state index in [1.54, 1.807) is 48.5 Å². The molecule has 22 heavy (non-hydrogen) atoms. The average molecular weight is 344 g/mol. The van der Waals surface area contributed by atoms with Gasteiger partial charge in [0.15, 0.2) is 0 Å². The van der Waals surface area contributed by atoms with Crippen molar-refractivity contribution in [3.8, 4) is 0 Å². The van der Waals surface area contributed by atoms with Crippen molar-refractivity contribution in [2.24, 2.45) is 0 Å². The summed E-state index contributed by atoms with van der Waals surface area (Å²) in [6, 6.07) is 17.4. The summed E-state index contributed by atoms with van der Waals surface area (Å²) in [5.74, 6) is 0. The van der Waals surface area contributed by atoms with Crippen LogP contribution in [0.4, 0.5) is 0 Å². The molecular formula is C14H18O6P2. The first-order valence-corrected chi connectivity index (χ1v) is 9.92. The van der Waals surface area contributed by atoms with Crippen LogP contribution in [0.25, 0.3) is 0 Å². The van der Waals surface area contributed by atoms with Crippen LogP contribution in [0.1, 0.15) is 11.1 Å². The Hall–Kier alpha value is -1.26. The van der Waals surface area contributed by atoms with Crippen LogP contribution in [-0.2, 0) is 21.5 Å². The molecule has 2 aromatic rings. The Bertz CT molecular complexity index is 588. The summed E-state index contributed by atoms with van der Waals surface area (Å²) in [7, 11) is -7.78. The van der Waals surface area contributed by atoms with E-state index in [9.17, 15) is 9.13 Å². The zero-order valence-corrected chi connectivity index (χ0v) is 13.5. The highest BCUT2D eigenvalue weighted by Gasteiger charge is 2.13. The molecule has 0 radical (unpaired) electrons. The van der Waals surface area contributed by atoms with Crippen LogP contribution in [0.5, 0.6) is 0 Å². The second kappa shape index (κ2) is 8.39. The molecule has 0 saturated heterocycles. The Morgan fingerprint density at radius 2 is 0.864 bits per heavy atom. The fourth-order valence-corrected chi connectivity index (χ4v) is 3.02. The van der Waals surface area contributed by atoms with Gasteiger partial charge in [0.05, 0.1) is 12.3 Å². The van der Waals surface area contributed by atoms with Crippen molar-refractivity contribution in [1.82, 2.24) is 0 Å². The van der Waals surface area contributed by atoms with Crippen LogP contribution in [0, 0.1) is 0 Å². The molecule has 120 valence electrons. The van der Waals surface area contributed by atoms with Crippen LogP contribution in [0.15, 0.2) is 60.7 Å². The zero-order valence-electron chi connectivity index (χ0n) is 11.7. The van der Waals surface area contributed by atoms with Crippen molar-refractivity contribution in [1.29, 1.82) is 0 Å². The minimum absolute atomic E-state index is 0.173. The second-order valence-electron chi connectivity index (χ2n) is 4.62. The predicted molar refractivity (Wildman–Crippen MR) is 84.4 cm³/mol. The SMILES string of the molecule is O=P(O)(O)Cc1ccccc1.O=P(O)(O)Cc1ccccc1. The molecule has 0 unspecified atom stereocenters. The maximum Gasteiger partial charge on any atom is 0.329 e. The molecule has 0 aliphatic heterocycles. The van der Waals surface area contributed by atoms with Crippen molar-refractivity contribution in [3.63, 3.8) is 0 Å². The van der Waals surface area contributed by atoms with Crippen molar-refractivity contribution in [2.75, 3.05) is 0 Å². The number of benzene rings is 2. The van der Waals surface area contributed by atoms with Gasteiger partial charge in [0.2, 0.25) is 0 Å². The Kier molecular flexibility index (Phi) is 7.17. The Labute approximate surface area is 128 Å². The van der Waals surface area contributed by atoms with E-state index in [-0.39, 0.29) is 12.3 Å². The highest BCUT2D eigenvalue weighted by molar-refractivity contribution is 7.51. The van der Waals surface area contributed by atoms with E-state index in [0.717, 1.165) is 0 Å². The minimum Gasteiger partial charge on any atom is -0.324 e. The highest BCUT2D eigenvalue weighted by atomic mass is 31.2. The molecule has 2 aromatic carbocycles. The topological polar surface area (TPSA) is 115 Å². The molecule has 0 spiro atoms. The van der Waals surface area contributed by atoms with Gasteiger partial charge in [-0.15, -0.1) is 0 Å². The third-order valence-corrected chi connectivity index (χ3v) is 4.02. The molecule has 0 aromatic heterocycles. The smallest absolute Gasteiger partial charge is 0.324 e. The van der Waals surface area contributed by atoms with Crippen molar-refractivity contribution in [2.45, 2.75) is 12.3 Å². The van der Waals surface area contributed by atoms with Gasteiger partial charge < -0.3 is 19.6 Å². The van der Waals surface area contributed by atoms with E-state index in [0.29, 0.717) is 11.1 Å². The quantitative estimate of drug-likeness (QED) is 0.634. The normalized spacial score (nSPS) is 11.5. The average Bonchev–Trinajstić information content (AvgIpc) is 2.38. The molecule has 0 amide bonds. The summed E-state index contributed by atoms with van der Waals surface area (Å²) < 4.78 is 21.0. The molecule has 0 heterocycles. The molecular weight excluding hydrogens is 326 g/mol.